The van der Waals surface area contributed by atoms with Crippen LogP contribution in [0.25, 0.3) is 0 Å². The summed E-state index contributed by atoms with van der Waals surface area (Å²) in [5.74, 6) is 2.40. The van der Waals surface area contributed by atoms with Crippen LogP contribution in [0.3, 0.4) is 0 Å². The molecule has 0 saturated heterocycles. The number of nitrogens with zero attached hydrogens (tertiary/aromatic N) is 3. The van der Waals surface area contributed by atoms with Crippen molar-refractivity contribution in [1.29, 1.82) is 0 Å². The molecule has 0 radical (unpaired) electrons. The summed E-state index contributed by atoms with van der Waals surface area (Å²) < 4.78 is 5.78. The van der Waals surface area contributed by atoms with Crippen LogP contribution in [0.2, 0.25) is 0 Å². The van der Waals surface area contributed by atoms with E-state index in [0.717, 1.165) is 50.0 Å². The second-order valence-electron chi connectivity index (χ2n) is 9.71. The minimum absolute atomic E-state index is 0.671. The summed E-state index contributed by atoms with van der Waals surface area (Å²) in [6.45, 7) is 5.78. The Morgan fingerprint density at radius 3 is 2.44 bits per heavy atom. The Hall–Kier alpha value is -2.50. The first-order valence-corrected chi connectivity index (χ1v) is 12.8. The van der Waals surface area contributed by atoms with Crippen LogP contribution < -0.4 is 5.32 Å². The highest BCUT2D eigenvalue weighted by atomic mass is 16.5. The van der Waals surface area contributed by atoms with Crippen LogP contribution in [-0.2, 0) is 11.3 Å². The molecule has 0 aromatic heterocycles. The Balaban J connectivity index is 1.34. The van der Waals surface area contributed by atoms with E-state index in [4.69, 9.17) is 14.7 Å². The predicted octanol–water partition coefficient (Wildman–Crippen LogP) is 6.01. The van der Waals surface area contributed by atoms with Gasteiger partial charge in [-0.2, -0.15) is 0 Å². The number of aliphatic imine (C=N–C) groups is 2. The molecular formula is C29H42N4O. The van der Waals surface area contributed by atoms with Gasteiger partial charge in [0.15, 0.2) is 0 Å². The minimum Gasteiger partial charge on any atom is -0.377 e. The van der Waals surface area contributed by atoms with Gasteiger partial charge in [0.25, 0.3) is 0 Å². The van der Waals surface area contributed by atoms with Gasteiger partial charge in [-0.05, 0) is 81.1 Å². The van der Waals surface area contributed by atoms with Gasteiger partial charge in [0.05, 0.1) is 18.6 Å². The first-order chi connectivity index (χ1) is 16.6. The minimum atomic E-state index is 0.671. The van der Waals surface area contributed by atoms with Gasteiger partial charge in [0, 0.05) is 27.1 Å². The molecule has 5 heteroatoms. The van der Waals surface area contributed by atoms with Crippen LogP contribution >= 0.6 is 0 Å². The van der Waals surface area contributed by atoms with E-state index in [0.29, 0.717) is 12.5 Å². The standard InChI is InChI=1S/C29H42N4O/c1-24-10-7-8-13-28(24)32-29(31-23-33(2)3)20-25-14-16-26(17-15-25)21-30-18-9-19-34-22-27-11-5-4-6-12-27/h4-8,10-13,23,25-26,30H,9,14-22H2,1-3H3. The van der Waals surface area contributed by atoms with Crippen LogP contribution in [0.4, 0.5) is 5.69 Å². The number of aryl methyl sites for hydroxylation is 1. The Bertz CT molecular complexity index is 886. The van der Waals surface area contributed by atoms with Gasteiger partial charge in [0.1, 0.15) is 5.84 Å². The molecule has 1 aliphatic carbocycles. The monoisotopic (exact) mass is 462 g/mol. The first kappa shape index (κ1) is 26.1. The van der Waals surface area contributed by atoms with E-state index in [-0.39, 0.29) is 0 Å². The van der Waals surface area contributed by atoms with Gasteiger partial charge < -0.3 is 15.0 Å². The van der Waals surface area contributed by atoms with E-state index in [1.807, 2.05) is 37.5 Å². The first-order valence-electron chi connectivity index (χ1n) is 12.8. The Labute approximate surface area is 206 Å². The summed E-state index contributed by atoms with van der Waals surface area (Å²) in [5, 5.41) is 3.65. The van der Waals surface area contributed by atoms with Crippen molar-refractivity contribution in [1.82, 2.24) is 10.2 Å². The van der Waals surface area contributed by atoms with E-state index in [2.05, 4.69) is 54.7 Å². The quantitative estimate of drug-likeness (QED) is 0.239. The van der Waals surface area contributed by atoms with Crippen molar-refractivity contribution in [3.63, 3.8) is 0 Å². The van der Waals surface area contributed by atoms with Gasteiger partial charge >= 0.3 is 0 Å². The maximum absolute atomic E-state index is 5.78. The van der Waals surface area contributed by atoms with Crippen molar-refractivity contribution >= 4 is 17.9 Å². The van der Waals surface area contributed by atoms with E-state index >= 15 is 0 Å². The molecule has 3 rings (SSSR count). The molecule has 1 N–H and O–H groups in total. The van der Waals surface area contributed by atoms with Crippen LogP contribution in [0.15, 0.2) is 64.6 Å². The second kappa shape index (κ2) is 14.7. The summed E-state index contributed by atoms with van der Waals surface area (Å²) in [5.41, 5.74) is 3.46. The average Bonchev–Trinajstić information content (AvgIpc) is 2.85. The molecule has 184 valence electrons. The zero-order valence-electron chi connectivity index (χ0n) is 21.2. The summed E-state index contributed by atoms with van der Waals surface area (Å²) in [7, 11) is 4.00. The number of benzene rings is 2. The summed E-state index contributed by atoms with van der Waals surface area (Å²) in [6, 6.07) is 18.7. The van der Waals surface area contributed by atoms with E-state index in [1.165, 1.54) is 36.8 Å². The lowest BCUT2D eigenvalue weighted by atomic mass is 9.80. The Morgan fingerprint density at radius 2 is 1.71 bits per heavy atom. The molecule has 0 spiro atoms. The molecule has 0 heterocycles. The topological polar surface area (TPSA) is 49.2 Å². The van der Waals surface area contributed by atoms with E-state index in [1.54, 1.807) is 0 Å². The molecule has 34 heavy (non-hydrogen) atoms. The number of amidine groups is 1. The normalized spacial score (nSPS) is 19.0. The van der Waals surface area contributed by atoms with Crippen LogP contribution in [0, 0.1) is 18.8 Å². The summed E-state index contributed by atoms with van der Waals surface area (Å²) in [4.78, 5) is 11.6. The fraction of sp³-hybridized carbons (Fsp3) is 0.517. The molecule has 1 saturated carbocycles. The van der Waals surface area contributed by atoms with Crippen LogP contribution in [-0.4, -0.2) is 50.9 Å². The van der Waals surface area contributed by atoms with Crippen molar-refractivity contribution in [2.75, 3.05) is 33.8 Å². The molecule has 1 aliphatic rings. The molecule has 0 atom stereocenters. The van der Waals surface area contributed by atoms with E-state index in [9.17, 15) is 0 Å². The molecular weight excluding hydrogens is 420 g/mol. The third kappa shape index (κ3) is 9.78. The highest BCUT2D eigenvalue weighted by Gasteiger charge is 2.22. The van der Waals surface area contributed by atoms with Crippen molar-refractivity contribution in [2.45, 2.75) is 52.1 Å². The van der Waals surface area contributed by atoms with Crippen molar-refractivity contribution in [2.24, 2.45) is 21.8 Å². The molecule has 2 aromatic rings. The van der Waals surface area contributed by atoms with Crippen molar-refractivity contribution in [3.8, 4) is 0 Å². The number of rotatable bonds is 12. The molecule has 0 bridgehead atoms. The number of ether oxygens (including phenoxy) is 1. The predicted molar refractivity (Wildman–Crippen MR) is 144 cm³/mol. The average molecular weight is 463 g/mol. The molecule has 0 aliphatic heterocycles. The van der Waals surface area contributed by atoms with E-state index < -0.39 is 0 Å². The van der Waals surface area contributed by atoms with Crippen molar-refractivity contribution < 1.29 is 4.74 Å². The summed E-state index contributed by atoms with van der Waals surface area (Å²) >= 11 is 0. The van der Waals surface area contributed by atoms with Crippen LogP contribution in [0.5, 0.6) is 0 Å². The molecule has 0 amide bonds. The van der Waals surface area contributed by atoms with Gasteiger partial charge in [-0.3, -0.25) is 0 Å². The SMILES string of the molecule is Cc1ccccc1N=C(CC1CCC(CNCCCOCc2ccccc2)CC1)N=CN(C)C. The third-order valence-corrected chi connectivity index (χ3v) is 6.43. The van der Waals surface area contributed by atoms with Gasteiger partial charge in [-0.1, -0.05) is 48.5 Å². The van der Waals surface area contributed by atoms with Crippen LogP contribution in [0.1, 0.15) is 49.7 Å². The largest absolute Gasteiger partial charge is 0.377 e. The lowest BCUT2D eigenvalue weighted by molar-refractivity contribution is 0.118. The number of hydrogen-bond donors (Lipinski definition) is 1. The fourth-order valence-electron chi connectivity index (χ4n) is 4.40. The van der Waals surface area contributed by atoms with Gasteiger partial charge in [0.2, 0.25) is 0 Å². The number of hydrogen-bond acceptors (Lipinski definition) is 3. The fourth-order valence-corrected chi connectivity index (χ4v) is 4.40. The smallest absolute Gasteiger partial charge is 0.130 e. The number of para-hydroxylation sites is 1. The van der Waals surface area contributed by atoms with Crippen molar-refractivity contribution in [3.05, 3.63) is 65.7 Å². The molecule has 0 unspecified atom stereocenters. The molecule has 1 fully saturated rings. The highest BCUT2D eigenvalue weighted by Crippen LogP contribution is 2.31. The maximum Gasteiger partial charge on any atom is 0.130 e. The zero-order valence-corrected chi connectivity index (χ0v) is 21.2. The lowest BCUT2D eigenvalue weighted by Crippen LogP contribution is -2.28. The highest BCUT2D eigenvalue weighted by molar-refractivity contribution is 5.91. The number of nitrogens with one attached hydrogen (secondary N) is 1. The van der Waals surface area contributed by atoms with Gasteiger partial charge in [-0.25, -0.2) is 9.98 Å². The zero-order chi connectivity index (χ0) is 24.0. The van der Waals surface area contributed by atoms with Gasteiger partial charge in [-0.15, -0.1) is 0 Å². The third-order valence-electron chi connectivity index (χ3n) is 6.43. The Morgan fingerprint density at radius 1 is 1.00 bits per heavy atom. The lowest BCUT2D eigenvalue weighted by Gasteiger charge is -2.28. The maximum atomic E-state index is 5.78. The molecule has 5 nitrogen and oxygen atoms in total. The summed E-state index contributed by atoms with van der Waals surface area (Å²) in [6.07, 6.45) is 8.99. The second-order valence-corrected chi connectivity index (χ2v) is 9.71. The Kier molecular flexibility index (Phi) is 11.3. The molecule has 2 aromatic carbocycles.